The third kappa shape index (κ3) is 4.68. The molecule has 0 aromatic carbocycles. The minimum absolute atomic E-state index is 0.0474. The summed E-state index contributed by atoms with van der Waals surface area (Å²) >= 11 is 0. The summed E-state index contributed by atoms with van der Waals surface area (Å²) in [5, 5.41) is 21.1. The number of ether oxygens (including phenoxy) is 1. The molecule has 2 heterocycles. The van der Waals surface area contributed by atoms with Gasteiger partial charge in [0, 0.05) is 29.9 Å². The number of carbonyl (C=O) groups excluding carboxylic acids is 1. The highest BCUT2D eigenvalue weighted by Gasteiger charge is 2.30. The van der Waals surface area contributed by atoms with Crippen LogP contribution in [0.15, 0.2) is 24.4 Å². The number of nitrogens with one attached hydrogen (secondary N) is 3. The summed E-state index contributed by atoms with van der Waals surface area (Å²) in [6, 6.07) is 5.75. The molecule has 3 atom stereocenters. The minimum Gasteiger partial charge on any atom is -0.446 e. The van der Waals surface area contributed by atoms with Gasteiger partial charge in [0.05, 0.1) is 0 Å². The first kappa shape index (κ1) is 17.2. The van der Waals surface area contributed by atoms with E-state index in [0.717, 1.165) is 31.4 Å². The topological polar surface area (TPSA) is 105 Å². The Morgan fingerprint density at radius 1 is 1.44 bits per heavy atom. The van der Waals surface area contributed by atoms with E-state index in [4.69, 9.17) is 4.74 Å². The third-order valence-corrected chi connectivity index (χ3v) is 4.50. The van der Waals surface area contributed by atoms with E-state index in [1.54, 1.807) is 6.20 Å². The molecule has 25 heavy (non-hydrogen) atoms. The van der Waals surface area contributed by atoms with E-state index in [1.165, 1.54) is 0 Å². The van der Waals surface area contributed by atoms with Gasteiger partial charge in [0.1, 0.15) is 6.10 Å². The zero-order valence-electron chi connectivity index (χ0n) is 14.5. The van der Waals surface area contributed by atoms with Gasteiger partial charge in [-0.3, -0.25) is 5.10 Å². The maximum Gasteiger partial charge on any atom is 0.407 e. The van der Waals surface area contributed by atoms with Crippen LogP contribution in [-0.2, 0) is 4.74 Å². The van der Waals surface area contributed by atoms with Crippen LogP contribution < -0.4 is 10.6 Å². The monoisotopic (exact) mass is 344 g/mol. The van der Waals surface area contributed by atoms with Gasteiger partial charge in [0.15, 0.2) is 11.6 Å². The lowest BCUT2D eigenvalue weighted by atomic mass is 10.0. The maximum atomic E-state index is 11.8. The number of anilines is 2. The Kier molecular flexibility index (Phi) is 5.47. The number of nitrogens with zero attached hydrogens (tertiary/aromatic N) is 3. The Bertz CT molecular complexity index is 689. The van der Waals surface area contributed by atoms with Crippen LogP contribution in [0.5, 0.6) is 0 Å². The molecular weight excluding hydrogens is 320 g/mol. The second-order valence-electron chi connectivity index (χ2n) is 6.43. The first-order valence-electron chi connectivity index (χ1n) is 8.71. The van der Waals surface area contributed by atoms with Crippen LogP contribution in [0.4, 0.5) is 16.4 Å². The fourth-order valence-corrected chi connectivity index (χ4v) is 2.93. The Morgan fingerprint density at radius 3 is 3.08 bits per heavy atom. The summed E-state index contributed by atoms with van der Waals surface area (Å²) in [7, 11) is 0. The van der Waals surface area contributed by atoms with Crippen molar-refractivity contribution in [2.24, 2.45) is 0 Å². The molecule has 2 unspecified atom stereocenters. The number of alkyl carbamates (subject to hydrolysis) is 1. The molecule has 1 aliphatic rings. The number of H-pyrrole nitrogens is 1. The van der Waals surface area contributed by atoms with E-state index in [1.807, 2.05) is 32.0 Å². The summed E-state index contributed by atoms with van der Waals surface area (Å²) in [4.78, 5) is 11.8. The van der Waals surface area contributed by atoms with Crippen LogP contribution in [0, 0.1) is 0 Å². The van der Waals surface area contributed by atoms with E-state index in [0.29, 0.717) is 17.6 Å². The van der Waals surface area contributed by atoms with Gasteiger partial charge >= 0.3 is 6.09 Å². The zero-order chi connectivity index (χ0) is 17.6. The SMILES string of the molecule is CC[C@@H](C)NC(=O)OC1CCC(c2cc(Nc3cccnn3)n[nH]2)C1. The number of hydrogen-bond donors (Lipinski definition) is 3. The molecule has 8 nitrogen and oxygen atoms in total. The van der Waals surface area contributed by atoms with Crippen molar-refractivity contribution in [3.63, 3.8) is 0 Å². The molecule has 0 bridgehead atoms. The van der Waals surface area contributed by atoms with Crippen LogP contribution >= 0.6 is 0 Å². The molecule has 134 valence electrons. The number of hydrogen-bond acceptors (Lipinski definition) is 6. The van der Waals surface area contributed by atoms with Gasteiger partial charge in [-0.15, -0.1) is 5.10 Å². The average Bonchev–Trinajstić information content (AvgIpc) is 3.25. The van der Waals surface area contributed by atoms with Crippen molar-refractivity contribution in [2.75, 3.05) is 5.32 Å². The van der Waals surface area contributed by atoms with E-state index < -0.39 is 0 Å². The molecule has 1 amide bonds. The molecule has 1 fully saturated rings. The van der Waals surface area contributed by atoms with Crippen LogP contribution in [0.2, 0.25) is 0 Å². The summed E-state index contributed by atoms with van der Waals surface area (Å²) in [5.41, 5.74) is 1.04. The van der Waals surface area contributed by atoms with Crippen LogP contribution in [0.3, 0.4) is 0 Å². The maximum absolute atomic E-state index is 11.8. The van der Waals surface area contributed by atoms with Crippen LogP contribution in [0.25, 0.3) is 0 Å². The zero-order valence-corrected chi connectivity index (χ0v) is 14.5. The summed E-state index contributed by atoms with van der Waals surface area (Å²) in [6.45, 7) is 4.00. The molecule has 2 aromatic rings. The molecule has 3 N–H and O–H groups in total. The number of rotatable bonds is 6. The average molecular weight is 344 g/mol. The Morgan fingerprint density at radius 2 is 2.32 bits per heavy atom. The molecule has 0 aliphatic heterocycles. The number of carbonyl (C=O) groups is 1. The summed E-state index contributed by atoms with van der Waals surface area (Å²) in [5.74, 6) is 1.66. The summed E-state index contributed by atoms with van der Waals surface area (Å²) < 4.78 is 5.52. The quantitative estimate of drug-likeness (QED) is 0.744. The fourth-order valence-electron chi connectivity index (χ4n) is 2.93. The van der Waals surface area contributed by atoms with Gasteiger partial charge in [0.2, 0.25) is 0 Å². The highest BCUT2D eigenvalue weighted by atomic mass is 16.6. The Hall–Kier alpha value is -2.64. The lowest BCUT2D eigenvalue weighted by Crippen LogP contribution is -2.34. The van der Waals surface area contributed by atoms with Crippen molar-refractivity contribution >= 4 is 17.7 Å². The molecule has 3 rings (SSSR count). The second kappa shape index (κ2) is 7.96. The predicted octanol–water partition coefficient (Wildman–Crippen LogP) is 3.10. The van der Waals surface area contributed by atoms with Gasteiger partial charge in [-0.05, 0) is 44.7 Å². The molecule has 0 spiro atoms. The van der Waals surface area contributed by atoms with E-state index in [-0.39, 0.29) is 18.2 Å². The van der Waals surface area contributed by atoms with Crippen molar-refractivity contribution < 1.29 is 9.53 Å². The highest BCUT2D eigenvalue weighted by molar-refractivity contribution is 5.67. The lowest BCUT2D eigenvalue weighted by Gasteiger charge is -2.16. The van der Waals surface area contributed by atoms with Crippen molar-refractivity contribution in [3.8, 4) is 0 Å². The largest absolute Gasteiger partial charge is 0.446 e. The van der Waals surface area contributed by atoms with E-state index in [9.17, 15) is 4.79 Å². The first-order valence-corrected chi connectivity index (χ1v) is 8.71. The molecule has 2 aromatic heterocycles. The normalized spacial score (nSPS) is 20.9. The molecule has 0 saturated heterocycles. The van der Waals surface area contributed by atoms with Crippen LogP contribution in [0.1, 0.15) is 51.1 Å². The van der Waals surface area contributed by atoms with Gasteiger partial charge in [-0.25, -0.2) is 4.79 Å². The minimum atomic E-state index is -0.324. The van der Waals surface area contributed by atoms with Crippen LogP contribution in [-0.4, -0.2) is 38.6 Å². The number of aromatic amines is 1. The van der Waals surface area contributed by atoms with Gasteiger partial charge in [0.25, 0.3) is 0 Å². The lowest BCUT2D eigenvalue weighted by molar-refractivity contribution is 0.0974. The van der Waals surface area contributed by atoms with E-state index >= 15 is 0 Å². The highest BCUT2D eigenvalue weighted by Crippen LogP contribution is 2.36. The number of amides is 1. The fraction of sp³-hybridized carbons (Fsp3) is 0.529. The first-order chi connectivity index (χ1) is 12.1. The second-order valence-corrected chi connectivity index (χ2v) is 6.43. The molecular formula is C17H24N6O2. The molecule has 8 heteroatoms. The van der Waals surface area contributed by atoms with Gasteiger partial charge in [-0.2, -0.15) is 10.2 Å². The van der Waals surface area contributed by atoms with Gasteiger partial charge in [-0.1, -0.05) is 6.92 Å². The predicted molar refractivity (Wildman–Crippen MR) is 93.7 cm³/mol. The number of aromatic nitrogens is 4. The van der Waals surface area contributed by atoms with E-state index in [2.05, 4.69) is 31.0 Å². The molecule has 1 aliphatic carbocycles. The van der Waals surface area contributed by atoms with Gasteiger partial charge < -0.3 is 15.4 Å². The smallest absolute Gasteiger partial charge is 0.407 e. The third-order valence-electron chi connectivity index (χ3n) is 4.50. The standard InChI is InChI=1S/C17H24N6O2/c1-3-11(2)19-17(24)25-13-7-6-12(9-13)14-10-16(23-21-14)20-15-5-4-8-18-22-15/h4-5,8,10-13H,3,6-7,9H2,1-2H3,(H,19,24)(H2,20,21,22,23)/t11-,12?,13?/m1/s1. The van der Waals surface area contributed by atoms with Crippen molar-refractivity contribution in [3.05, 3.63) is 30.1 Å². The van der Waals surface area contributed by atoms with Crippen molar-refractivity contribution in [2.45, 2.75) is 57.6 Å². The Labute approximate surface area is 146 Å². The summed E-state index contributed by atoms with van der Waals surface area (Å²) in [6.07, 6.45) is 4.78. The Balaban J connectivity index is 1.51. The molecule has 0 radical (unpaired) electrons. The van der Waals surface area contributed by atoms with Crippen molar-refractivity contribution in [1.82, 2.24) is 25.7 Å². The van der Waals surface area contributed by atoms with Crippen molar-refractivity contribution in [1.29, 1.82) is 0 Å². The molecule has 1 saturated carbocycles.